The van der Waals surface area contributed by atoms with Crippen LogP contribution in [-0.4, -0.2) is 154 Å². The molecule has 0 radical (unpaired) electrons. The van der Waals surface area contributed by atoms with Gasteiger partial charge in [0.15, 0.2) is 0 Å². The summed E-state index contributed by atoms with van der Waals surface area (Å²) in [6.45, 7) is 15.9. The first-order valence-corrected chi connectivity index (χ1v) is 20.1. The molecular formula is C39H72N4O12. The molecule has 0 rings (SSSR count). The molecule has 0 fully saturated rings. The van der Waals surface area contributed by atoms with Gasteiger partial charge in [0.2, 0.25) is 0 Å². The Morgan fingerprint density at radius 3 is 1.24 bits per heavy atom. The quantitative estimate of drug-likeness (QED) is 0.0584. The zero-order chi connectivity index (χ0) is 41.5. The molecule has 1 atom stereocenters. The predicted octanol–water partition coefficient (Wildman–Crippen LogP) is 4.11. The van der Waals surface area contributed by atoms with Gasteiger partial charge in [-0.2, -0.15) is 0 Å². The van der Waals surface area contributed by atoms with Crippen LogP contribution in [0.5, 0.6) is 0 Å². The Hall–Kier alpha value is -3.50. The van der Waals surface area contributed by atoms with Crippen molar-refractivity contribution in [2.75, 3.05) is 91.9 Å². The zero-order valence-electron chi connectivity index (χ0n) is 35.1. The second kappa shape index (κ2) is 31.7. The lowest BCUT2D eigenvalue weighted by Gasteiger charge is -2.33. The van der Waals surface area contributed by atoms with E-state index < -0.39 is 47.6 Å². The van der Waals surface area contributed by atoms with Crippen molar-refractivity contribution < 1.29 is 57.2 Å². The fraction of sp³-hybridized carbons (Fsp3) is 0.846. The van der Waals surface area contributed by atoms with Crippen LogP contribution < -0.4 is 5.32 Å². The summed E-state index contributed by atoms with van der Waals surface area (Å²) in [6.07, 6.45) is 7.79. The minimum absolute atomic E-state index is 0.150. The second-order valence-corrected chi connectivity index (χ2v) is 14.0. The maximum atomic E-state index is 13.5. The maximum absolute atomic E-state index is 13.5. The topological polar surface area (TPSA) is 180 Å². The number of carbonyl (C=O) groups excluding carboxylic acids is 6. The van der Waals surface area contributed by atoms with Crippen molar-refractivity contribution in [1.82, 2.24) is 20.0 Å². The molecule has 0 saturated heterocycles. The normalized spacial score (nSPS) is 12.0. The van der Waals surface area contributed by atoms with Crippen molar-refractivity contribution in [3.05, 3.63) is 0 Å². The number of ether oxygens (including phenoxy) is 6. The Bertz CT molecular complexity index is 1010. The minimum atomic E-state index is -0.656. The molecule has 0 bridgehead atoms. The Morgan fingerprint density at radius 1 is 0.509 bits per heavy atom. The summed E-state index contributed by atoms with van der Waals surface area (Å²) >= 11 is 0. The van der Waals surface area contributed by atoms with E-state index in [0.29, 0.717) is 13.0 Å². The van der Waals surface area contributed by atoms with E-state index in [9.17, 15) is 28.8 Å². The third-order valence-corrected chi connectivity index (χ3v) is 8.11. The van der Waals surface area contributed by atoms with Gasteiger partial charge in [-0.25, -0.2) is 4.79 Å². The molecule has 0 heterocycles. The molecule has 0 aromatic rings. The van der Waals surface area contributed by atoms with Gasteiger partial charge in [-0.1, -0.05) is 44.9 Å². The van der Waals surface area contributed by atoms with Gasteiger partial charge in [-0.15, -0.1) is 0 Å². The van der Waals surface area contributed by atoms with Crippen LogP contribution in [0.3, 0.4) is 0 Å². The van der Waals surface area contributed by atoms with Gasteiger partial charge in [-0.05, 0) is 68.2 Å². The van der Waals surface area contributed by atoms with Gasteiger partial charge in [0.1, 0.15) is 11.6 Å². The van der Waals surface area contributed by atoms with Gasteiger partial charge >= 0.3 is 35.9 Å². The van der Waals surface area contributed by atoms with Crippen LogP contribution in [0.2, 0.25) is 0 Å². The summed E-state index contributed by atoms with van der Waals surface area (Å²) in [4.78, 5) is 80.3. The van der Waals surface area contributed by atoms with Crippen LogP contribution in [0, 0.1) is 0 Å². The molecule has 0 saturated carbocycles. The number of nitrogens with one attached hydrogen (secondary N) is 1. The summed E-state index contributed by atoms with van der Waals surface area (Å²) in [5.41, 5.74) is -0.519. The van der Waals surface area contributed by atoms with E-state index >= 15 is 0 Å². The molecule has 0 aliphatic carbocycles. The summed E-state index contributed by atoms with van der Waals surface area (Å²) < 4.78 is 31.3. The van der Waals surface area contributed by atoms with Gasteiger partial charge in [0.05, 0.1) is 59.2 Å². The minimum Gasteiger partial charge on any atom is -0.465 e. The Morgan fingerprint density at radius 2 is 0.873 bits per heavy atom. The largest absolute Gasteiger partial charge is 0.465 e. The molecule has 0 aromatic heterocycles. The standard InChI is InChI=1S/C39H72N4O12/c1-9-50-33(44)28-41(29-34(45)51-10-2)24-26-43(27-25-42(30-35(46)52-11-3)31-36(47)53-12-4)32(37(48)54-13-5)22-20-18-16-14-15-17-19-21-23-40-38(49)55-39(6,7)8/h32H,9-31H2,1-8H3,(H,40,49). The second-order valence-electron chi connectivity index (χ2n) is 14.0. The number of hydrogen-bond donors (Lipinski definition) is 1. The molecule has 16 heteroatoms. The van der Waals surface area contributed by atoms with Gasteiger partial charge < -0.3 is 33.7 Å². The molecule has 1 amide bonds. The SMILES string of the molecule is CCOC(=O)CN(CCN(CCN(CC(=O)OCC)CC(=O)OCC)C(CCCCCCCCCCNC(=O)OC(C)(C)C)C(=O)OCC)CC(=O)OCC. The van der Waals surface area contributed by atoms with Crippen LogP contribution in [0.1, 0.15) is 113 Å². The highest BCUT2D eigenvalue weighted by Crippen LogP contribution is 2.16. The van der Waals surface area contributed by atoms with Crippen molar-refractivity contribution >= 4 is 35.9 Å². The fourth-order valence-electron chi connectivity index (χ4n) is 5.66. The molecule has 16 nitrogen and oxygen atoms in total. The molecule has 0 spiro atoms. The molecule has 0 aliphatic rings. The van der Waals surface area contributed by atoms with E-state index in [1.165, 1.54) is 0 Å². The first-order chi connectivity index (χ1) is 26.2. The van der Waals surface area contributed by atoms with Gasteiger partial charge in [-0.3, -0.25) is 38.7 Å². The van der Waals surface area contributed by atoms with E-state index in [4.69, 9.17) is 28.4 Å². The number of amides is 1. The number of alkyl carbamates (subject to hydrolysis) is 1. The van der Waals surface area contributed by atoms with Crippen LogP contribution in [0.25, 0.3) is 0 Å². The lowest BCUT2D eigenvalue weighted by atomic mass is 10.0. The van der Waals surface area contributed by atoms with Crippen molar-refractivity contribution in [2.24, 2.45) is 0 Å². The summed E-state index contributed by atoms with van der Waals surface area (Å²) in [7, 11) is 0. The Balaban J connectivity index is 5.72. The number of unbranched alkanes of at least 4 members (excludes halogenated alkanes) is 7. The molecule has 320 valence electrons. The molecule has 0 aromatic carbocycles. The maximum Gasteiger partial charge on any atom is 0.407 e. The smallest absolute Gasteiger partial charge is 0.407 e. The van der Waals surface area contributed by atoms with Crippen molar-refractivity contribution in [2.45, 2.75) is 125 Å². The number of rotatable bonds is 32. The Labute approximate surface area is 329 Å². The zero-order valence-corrected chi connectivity index (χ0v) is 35.1. The fourth-order valence-corrected chi connectivity index (χ4v) is 5.66. The highest BCUT2D eigenvalue weighted by Gasteiger charge is 2.29. The molecule has 55 heavy (non-hydrogen) atoms. The van der Waals surface area contributed by atoms with E-state index in [0.717, 1.165) is 51.4 Å². The first kappa shape index (κ1) is 51.5. The van der Waals surface area contributed by atoms with Gasteiger partial charge in [0, 0.05) is 32.7 Å². The third kappa shape index (κ3) is 28.6. The van der Waals surface area contributed by atoms with Crippen LogP contribution in [0.15, 0.2) is 0 Å². The number of esters is 5. The van der Waals surface area contributed by atoms with Crippen molar-refractivity contribution in [3.63, 3.8) is 0 Å². The summed E-state index contributed by atoms with van der Waals surface area (Å²) in [5, 5.41) is 2.79. The molecule has 1 unspecified atom stereocenters. The lowest BCUT2D eigenvalue weighted by Crippen LogP contribution is -2.50. The molecular weight excluding hydrogens is 716 g/mol. The number of carbonyl (C=O) groups is 6. The van der Waals surface area contributed by atoms with Crippen molar-refractivity contribution in [3.8, 4) is 0 Å². The van der Waals surface area contributed by atoms with E-state index in [1.54, 1.807) is 44.4 Å². The Kier molecular flexibility index (Phi) is 29.7. The average molecular weight is 789 g/mol. The van der Waals surface area contributed by atoms with E-state index in [2.05, 4.69) is 5.32 Å². The monoisotopic (exact) mass is 789 g/mol. The number of hydrogen-bond acceptors (Lipinski definition) is 15. The van der Waals surface area contributed by atoms with E-state index in [-0.39, 0.29) is 85.4 Å². The van der Waals surface area contributed by atoms with Crippen LogP contribution >= 0.6 is 0 Å². The molecule has 1 N–H and O–H groups in total. The third-order valence-electron chi connectivity index (χ3n) is 8.11. The molecule has 0 aliphatic heterocycles. The highest BCUT2D eigenvalue weighted by atomic mass is 16.6. The van der Waals surface area contributed by atoms with E-state index in [1.807, 2.05) is 25.7 Å². The predicted molar refractivity (Wildman–Crippen MR) is 207 cm³/mol. The number of nitrogens with zero attached hydrogens (tertiary/aromatic N) is 3. The van der Waals surface area contributed by atoms with Gasteiger partial charge in [0.25, 0.3) is 0 Å². The lowest BCUT2D eigenvalue weighted by molar-refractivity contribution is -0.152. The first-order valence-electron chi connectivity index (χ1n) is 20.1. The summed E-state index contributed by atoms with van der Waals surface area (Å²) in [5.74, 6) is -2.37. The van der Waals surface area contributed by atoms with Crippen LogP contribution in [-0.2, 0) is 52.4 Å². The highest BCUT2D eigenvalue weighted by molar-refractivity contribution is 5.76. The average Bonchev–Trinajstić information content (AvgIpc) is 3.08. The van der Waals surface area contributed by atoms with Crippen molar-refractivity contribution in [1.29, 1.82) is 0 Å². The van der Waals surface area contributed by atoms with Crippen LogP contribution in [0.4, 0.5) is 4.79 Å². The summed E-state index contributed by atoms with van der Waals surface area (Å²) in [6, 6.07) is -0.656.